The largest absolute Gasteiger partial charge is 0.378 e. The number of nitrogens with zero attached hydrogens (tertiary/aromatic N) is 3. The van der Waals surface area contributed by atoms with E-state index in [1.165, 1.54) is 0 Å². The molecule has 1 aromatic carbocycles. The highest BCUT2D eigenvalue weighted by atomic mass is 35.5. The van der Waals surface area contributed by atoms with Crippen molar-refractivity contribution in [2.24, 2.45) is 5.92 Å². The first-order chi connectivity index (χ1) is 14.5. The number of morpholine rings is 1. The Morgan fingerprint density at radius 3 is 2.17 bits per heavy atom. The van der Waals surface area contributed by atoms with Crippen molar-refractivity contribution in [1.29, 1.82) is 0 Å². The second kappa shape index (κ2) is 9.86. The van der Waals surface area contributed by atoms with Crippen molar-refractivity contribution < 1.29 is 14.3 Å². The molecule has 3 saturated heterocycles. The molecule has 0 radical (unpaired) electrons. The molecule has 0 spiro atoms. The fourth-order valence-electron chi connectivity index (χ4n) is 4.82. The molecule has 0 saturated carbocycles. The Hall–Kier alpha value is -1.34. The van der Waals surface area contributed by atoms with Crippen molar-refractivity contribution in [3.05, 3.63) is 33.8 Å². The van der Waals surface area contributed by atoms with E-state index < -0.39 is 0 Å². The molecule has 4 rings (SSSR count). The van der Waals surface area contributed by atoms with Crippen molar-refractivity contribution >= 4 is 35.0 Å². The SMILES string of the molecule is O=C(c1ccc(Cl)cc1Cl)N1CCC(N2CCC(C(=O)N3CCOCC3)CC2)CC1. The van der Waals surface area contributed by atoms with Gasteiger partial charge in [0.1, 0.15) is 0 Å². The van der Waals surface area contributed by atoms with Gasteiger partial charge in [0.25, 0.3) is 5.91 Å². The maximum absolute atomic E-state index is 12.8. The fourth-order valence-corrected chi connectivity index (χ4v) is 5.31. The van der Waals surface area contributed by atoms with Gasteiger partial charge in [-0.05, 0) is 57.0 Å². The van der Waals surface area contributed by atoms with Crippen LogP contribution in [-0.4, -0.2) is 85.0 Å². The number of rotatable bonds is 3. The number of benzene rings is 1. The van der Waals surface area contributed by atoms with Crippen LogP contribution in [0.15, 0.2) is 18.2 Å². The van der Waals surface area contributed by atoms with Crippen LogP contribution in [0.1, 0.15) is 36.0 Å². The second-order valence-corrected chi connectivity index (χ2v) is 9.24. The van der Waals surface area contributed by atoms with Gasteiger partial charge < -0.3 is 19.4 Å². The summed E-state index contributed by atoms with van der Waals surface area (Å²) < 4.78 is 5.36. The third kappa shape index (κ3) is 4.93. The lowest BCUT2D eigenvalue weighted by atomic mass is 9.92. The first-order valence-electron chi connectivity index (χ1n) is 10.9. The molecule has 0 bridgehead atoms. The molecule has 3 aliphatic rings. The average Bonchev–Trinajstić information content (AvgIpc) is 2.79. The first-order valence-corrected chi connectivity index (χ1v) is 11.6. The summed E-state index contributed by atoms with van der Waals surface area (Å²) in [7, 11) is 0. The Bertz CT molecular complexity index is 769. The van der Waals surface area contributed by atoms with Gasteiger partial charge >= 0.3 is 0 Å². The van der Waals surface area contributed by atoms with E-state index in [2.05, 4.69) is 4.90 Å². The van der Waals surface area contributed by atoms with Crippen molar-refractivity contribution in [3.63, 3.8) is 0 Å². The van der Waals surface area contributed by atoms with Gasteiger partial charge in [0.2, 0.25) is 5.91 Å². The van der Waals surface area contributed by atoms with Gasteiger partial charge in [0, 0.05) is 43.2 Å². The van der Waals surface area contributed by atoms with Gasteiger partial charge in [-0.2, -0.15) is 0 Å². The highest BCUT2D eigenvalue weighted by Gasteiger charge is 2.33. The minimum atomic E-state index is -0.0232. The summed E-state index contributed by atoms with van der Waals surface area (Å²) in [6, 6.07) is 5.51. The normalized spacial score (nSPS) is 22.3. The molecule has 2 amide bonds. The molecule has 164 valence electrons. The number of halogens is 2. The Morgan fingerprint density at radius 2 is 1.53 bits per heavy atom. The fraction of sp³-hybridized carbons (Fsp3) is 0.636. The molecule has 3 heterocycles. The number of likely N-dealkylation sites (tertiary alicyclic amines) is 2. The summed E-state index contributed by atoms with van der Waals surface area (Å²) in [6.45, 7) is 6.15. The number of piperidine rings is 2. The summed E-state index contributed by atoms with van der Waals surface area (Å²) >= 11 is 12.2. The number of carbonyl (C=O) groups excluding carboxylic acids is 2. The summed E-state index contributed by atoms with van der Waals surface area (Å²) in [6.07, 6.45) is 3.77. The minimum Gasteiger partial charge on any atom is -0.378 e. The summed E-state index contributed by atoms with van der Waals surface area (Å²) in [4.78, 5) is 31.9. The third-order valence-electron chi connectivity index (χ3n) is 6.63. The van der Waals surface area contributed by atoms with Crippen LogP contribution in [0.5, 0.6) is 0 Å². The van der Waals surface area contributed by atoms with Crippen molar-refractivity contribution in [3.8, 4) is 0 Å². The Labute approximate surface area is 188 Å². The molecule has 0 aliphatic carbocycles. The van der Waals surface area contributed by atoms with E-state index in [-0.39, 0.29) is 11.8 Å². The van der Waals surface area contributed by atoms with E-state index in [1.54, 1.807) is 18.2 Å². The van der Waals surface area contributed by atoms with E-state index in [1.807, 2.05) is 9.80 Å². The monoisotopic (exact) mass is 453 g/mol. The van der Waals surface area contributed by atoms with Crippen molar-refractivity contribution in [2.75, 3.05) is 52.5 Å². The van der Waals surface area contributed by atoms with Gasteiger partial charge in [0.15, 0.2) is 0 Å². The Kier molecular flexibility index (Phi) is 7.19. The van der Waals surface area contributed by atoms with Gasteiger partial charge in [-0.25, -0.2) is 0 Å². The maximum Gasteiger partial charge on any atom is 0.255 e. The highest BCUT2D eigenvalue weighted by Crippen LogP contribution is 2.27. The number of carbonyl (C=O) groups is 2. The predicted molar refractivity (Wildman–Crippen MR) is 117 cm³/mol. The molecular weight excluding hydrogens is 425 g/mol. The van der Waals surface area contributed by atoms with Crippen LogP contribution in [0, 0.1) is 5.92 Å². The third-order valence-corrected chi connectivity index (χ3v) is 7.18. The van der Waals surface area contributed by atoms with Crippen LogP contribution in [0.2, 0.25) is 10.0 Å². The predicted octanol–water partition coefficient (Wildman–Crippen LogP) is 3.17. The molecule has 3 fully saturated rings. The van der Waals surface area contributed by atoms with Gasteiger partial charge in [-0.15, -0.1) is 0 Å². The van der Waals surface area contributed by atoms with E-state index in [9.17, 15) is 9.59 Å². The lowest BCUT2D eigenvalue weighted by Gasteiger charge is -2.42. The lowest BCUT2D eigenvalue weighted by Crippen LogP contribution is -2.51. The first kappa shape index (κ1) is 21.9. The van der Waals surface area contributed by atoms with Crippen LogP contribution >= 0.6 is 23.2 Å². The molecule has 1 aromatic rings. The van der Waals surface area contributed by atoms with Crippen LogP contribution in [0.25, 0.3) is 0 Å². The van der Waals surface area contributed by atoms with E-state index in [0.717, 1.165) is 65.0 Å². The molecule has 0 N–H and O–H groups in total. The Balaban J connectivity index is 1.25. The van der Waals surface area contributed by atoms with Crippen LogP contribution in [0.4, 0.5) is 0 Å². The maximum atomic E-state index is 12.8. The van der Waals surface area contributed by atoms with Gasteiger partial charge in [0.05, 0.1) is 23.8 Å². The number of hydrogen-bond donors (Lipinski definition) is 0. The van der Waals surface area contributed by atoms with Crippen LogP contribution in [0.3, 0.4) is 0 Å². The lowest BCUT2D eigenvalue weighted by molar-refractivity contribution is -0.141. The highest BCUT2D eigenvalue weighted by molar-refractivity contribution is 6.36. The number of ether oxygens (including phenoxy) is 1. The Morgan fingerprint density at radius 1 is 0.867 bits per heavy atom. The molecule has 30 heavy (non-hydrogen) atoms. The average molecular weight is 454 g/mol. The van der Waals surface area contributed by atoms with Gasteiger partial charge in [-0.1, -0.05) is 23.2 Å². The standard InChI is InChI=1S/C22H29Cl2N3O3/c23-17-1-2-19(20(24)15-17)22(29)26-9-5-18(6-10-26)25-7-3-16(4-8-25)21(28)27-11-13-30-14-12-27/h1-2,15-16,18H,3-14H2. The second-order valence-electron chi connectivity index (χ2n) is 8.40. The van der Waals surface area contributed by atoms with Crippen molar-refractivity contribution in [2.45, 2.75) is 31.7 Å². The summed E-state index contributed by atoms with van der Waals surface area (Å²) in [5.41, 5.74) is 0.516. The molecule has 6 nitrogen and oxygen atoms in total. The zero-order valence-corrected chi connectivity index (χ0v) is 18.7. The van der Waals surface area contributed by atoms with Gasteiger partial charge in [-0.3, -0.25) is 9.59 Å². The smallest absolute Gasteiger partial charge is 0.255 e. The zero-order chi connectivity index (χ0) is 21.1. The molecule has 0 aromatic heterocycles. The molecule has 0 atom stereocenters. The van der Waals surface area contributed by atoms with Crippen LogP contribution in [-0.2, 0) is 9.53 Å². The van der Waals surface area contributed by atoms with E-state index in [4.69, 9.17) is 27.9 Å². The number of hydrogen-bond acceptors (Lipinski definition) is 4. The van der Waals surface area contributed by atoms with Crippen molar-refractivity contribution in [1.82, 2.24) is 14.7 Å². The zero-order valence-electron chi connectivity index (χ0n) is 17.2. The molecule has 3 aliphatic heterocycles. The molecular formula is C22H29Cl2N3O3. The van der Waals surface area contributed by atoms with E-state index >= 15 is 0 Å². The number of amides is 2. The topological polar surface area (TPSA) is 53.1 Å². The summed E-state index contributed by atoms with van der Waals surface area (Å²) in [5.74, 6) is 0.427. The molecule has 0 unspecified atom stereocenters. The summed E-state index contributed by atoms with van der Waals surface area (Å²) in [5, 5.41) is 0.937. The van der Waals surface area contributed by atoms with Crippen LogP contribution < -0.4 is 0 Å². The van der Waals surface area contributed by atoms with E-state index in [0.29, 0.717) is 40.8 Å². The molecule has 8 heteroatoms. The quantitative estimate of drug-likeness (QED) is 0.704. The minimum absolute atomic E-state index is 0.0232.